The molecule has 4 nitrogen and oxygen atoms in total. The summed E-state index contributed by atoms with van der Waals surface area (Å²) in [5, 5.41) is 6.99. The van der Waals surface area contributed by atoms with Gasteiger partial charge in [0.1, 0.15) is 11.6 Å². The molecule has 0 aliphatic heterocycles. The Morgan fingerprint density at radius 1 is 1.19 bits per heavy atom. The summed E-state index contributed by atoms with van der Waals surface area (Å²) in [6.07, 6.45) is 1.47. The van der Waals surface area contributed by atoms with Crippen molar-refractivity contribution >= 4 is 21.8 Å². The van der Waals surface area contributed by atoms with Crippen LogP contribution in [0.3, 0.4) is 0 Å². The molecule has 0 radical (unpaired) electrons. The maximum absolute atomic E-state index is 13.9. The van der Waals surface area contributed by atoms with E-state index in [1.54, 1.807) is 18.5 Å². The first-order chi connectivity index (χ1) is 12.4. The smallest absolute Gasteiger partial charge is 0.255 e. The van der Waals surface area contributed by atoms with Crippen molar-refractivity contribution < 1.29 is 13.6 Å². The Kier molecular flexibility index (Phi) is 5.18. The highest BCUT2D eigenvalue weighted by atomic mass is 79.9. The molecule has 0 bridgehead atoms. The summed E-state index contributed by atoms with van der Waals surface area (Å²) < 4.78 is 29.5. The van der Waals surface area contributed by atoms with E-state index < -0.39 is 17.7 Å². The van der Waals surface area contributed by atoms with E-state index in [1.165, 1.54) is 12.3 Å². The van der Waals surface area contributed by atoms with Crippen molar-refractivity contribution in [2.24, 2.45) is 0 Å². The van der Waals surface area contributed by atoms with Gasteiger partial charge in [-0.2, -0.15) is 5.10 Å². The fourth-order valence-corrected chi connectivity index (χ4v) is 2.94. The molecule has 2 aromatic carbocycles. The summed E-state index contributed by atoms with van der Waals surface area (Å²) in [6.45, 7) is 3.43. The van der Waals surface area contributed by atoms with Crippen LogP contribution in [-0.4, -0.2) is 15.7 Å². The van der Waals surface area contributed by atoms with Crippen LogP contribution in [0.15, 0.2) is 53.1 Å². The number of carbonyl (C=O) groups is 1. The number of hydrogen-bond acceptors (Lipinski definition) is 2. The lowest BCUT2D eigenvalue weighted by Gasteiger charge is -2.15. The molecule has 1 heterocycles. The first-order valence-electron chi connectivity index (χ1n) is 7.93. The van der Waals surface area contributed by atoms with Crippen LogP contribution in [0.2, 0.25) is 0 Å². The molecular weight excluding hydrogens is 404 g/mol. The molecule has 134 valence electrons. The average molecular weight is 420 g/mol. The number of carbonyl (C=O) groups excluding carboxylic acids is 1. The number of halogens is 3. The van der Waals surface area contributed by atoms with Gasteiger partial charge in [-0.3, -0.25) is 4.79 Å². The highest BCUT2D eigenvalue weighted by Gasteiger charge is 2.19. The highest BCUT2D eigenvalue weighted by Crippen LogP contribution is 2.20. The molecule has 0 aliphatic rings. The number of rotatable bonds is 4. The topological polar surface area (TPSA) is 46.9 Å². The summed E-state index contributed by atoms with van der Waals surface area (Å²) in [5.74, 6) is -1.72. The van der Waals surface area contributed by atoms with Crippen LogP contribution in [0.5, 0.6) is 0 Å². The van der Waals surface area contributed by atoms with E-state index in [4.69, 9.17) is 0 Å². The molecular formula is C19H16BrF2N3O. The standard InChI is InChI=1S/C19H16BrF2N3O/c1-11(16-8-5-14(21)9-18(16)22)24-19(26)17-10-23-25(12(17)2)15-6-3-13(20)4-7-15/h3-11H,1-2H3,(H,24,26). The zero-order valence-electron chi connectivity index (χ0n) is 14.1. The Balaban J connectivity index is 1.81. The van der Waals surface area contributed by atoms with E-state index in [-0.39, 0.29) is 11.5 Å². The Bertz CT molecular complexity index is 954. The van der Waals surface area contributed by atoms with Crippen LogP contribution in [0.4, 0.5) is 8.78 Å². The fraction of sp³-hybridized carbons (Fsp3) is 0.158. The lowest BCUT2D eigenvalue weighted by Crippen LogP contribution is -2.27. The van der Waals surface area contributed by atoms with Crippen molar-refractivity contribution in [2.75, 3.05) is 0 Å². The van der Waals surface area contributed by atoms with Gasteiger partial charge in [0, 0.05) is 16.1 Å². The summed E-state index contributed by atoms with van der Waals surface area (Å²) in [7, 11) is 0. The molecule has 7 heteroatoms. The zero-order chi connectivity index (χ0) is 18.8. The Morgan fingerprint density at radius 3 is 2.54 bits per heavy atom. The zero-order valence-corrected chi connectivity index (χ0v) is 15.7. The van der Waals surface area contributed by atoms with Gasteiger partial charge in [0.25, 0.3) is 5.91 Å². The van der Waals surface area contributed by atoms with Crippen LogP contribution in [0, 0.1) is 18.6 Å². The first-order valence-corrected chi connectivity index (χ1v) is 8.72. The molecule has 1 aromatic heterocycles. The van der Waals surface area contributed by atoms with Gasteiger partial charge in [-0.1, -0.05) is 22.0 Å². The van der Waals surface area contributed by atoms with Crippen molar-refractivity contribution in [3.05, 3.63) is 81.6 Å². The molecule has 1 amide bonds. The van der Waals surface area contributed by atoms with Gasteiger partial charge >= 0.3 is 0 Å². The van der Waals surface area contributed by atoms with Gasteiger partial charge in [0.2, 0.25) is 0 Å². The summed E-state index contributed by atoms with van der Waals surface area (Å²) in [6, 6.07) is 10.2. The van der Waals surface area contributed by atoms with E-state index in [0.717, 1.165) is 22.3 Å². The van der Waals surface area contributed by atoms with Crippen LogP contribution in [-0.2, 0) is 0 Å². The van der Waals surface area contributed by atoms with Gasteiger partial charge < -0.3 is 5.32 Å². The van der Waals surface area contributed by atoms with Gasteiger partial charge in [-0.05, 0) is 44.2 Å². The number of amides is 1. The SMILES string of the molecule is Cc1c(C(=O)NC(C)c2ccc(F)cc2F)cnn1-c1ccc(Br)cc1. The molecule has 0 spiro atoms. The van der Waals surface area contributed by atoms with Crippen molar-refractivity contribution in [2.45, 2.75) is 19.9 Å². The molecule has 0 saturated carbocycles. The second kappa shape index (κ2) is 7.37. The molecule has 3 aromatic rings. The third kappa shape index (κ3) is 3.67. The second-order valence-electron chi connectivity index (χ2n) is 5.89. The summed E-state index contributed by atoms with van der Waals surface area (Å²) >= 11 is 3.38. The Morgan fingerprint density at radius 2 is 1.88 bits per heavy atom. The maximum Gasteiger partial charge on any atom is 0.255 e. The summed E-state index contributed by atoms with van der Waals surface area (Å²) in [5.41, 5.74) is 2.10. The predicted molar refractivity (Wildman–Crippen MR) is 98.2 cm³/mol. The molecule has 3 rings (SSSR count). The normalized spacial score (nSPS) is 12.0. The number of nitrogens with zero attached hydrogens (tertiary/aromatic N) is 2. The van der Waals surface area contributed by atoms with Crippen molar-refractivity contribution in [1.29, 1.82) is 0 Å². The molecule has 1 unspecified atom stereocenters. The average Bonchev–Trinajstić information content (AvgIpc) is 2.97. The van der Waals surface area contributed by atoms with Crippen LogP contribution in [0.25, 0.3) is 5.69 Å². The van der Waals surface area contributed by atoms with Crippen LogP contribution < -0.4 is 5.32 Å². The number of hydrogen-bond donors (Lipinski definition) is 1. The Labute approximate surface area is 158 Å². The van der Waals surface area contributed by atoms with Crippen LogP contribution in [0.1, 0.15) is 34.6 Å². The first kappa shape index (κ1) is 18.3. The second-order valence-corrected chi connectivity index (χ2v) is 6.81. The summed E-state index contributed by atoms with van der Waals surface area (Å²) in [4.78, 5) is 12.6. The van der Waals surface area contributed by atoms with Crippen molar-refractivity contribution in [3.63, 3.8) is 0 Å². The largest absolute Gasteiger partial charge is 0.345 e. The number of nitrogens with one attached hydrogen (secondary N) is 1. The van der Waals surface area contributed by atoms with Crippen molar-refractivity contribution in [3.8, 4) is 5.69 Å². The fourth-order valence-electron chi connectivity index (χ4n) is 2.68. The quantitative estimate of drug-likeness (QED) is 0.665. The minimum absolute atomic E-state index is 0.220. The predicted octanol–water partition coefficient (Wildman–Crippen LogP) is 4.71. The minimum Gasteiger partial charge on any atom is -0.345 e. The number of aromatic nitrogens is 2. The van der Waals surface area contributed by atoms with Gasteiger partial charge in [0.05, 0.1) is 29.2 Å². The third-order valence-corrected chi connectivity index (χ3v) is 4.63. The van der Waals surface area contributed by atoms with E-state index in [2.05, 4.69) is 26.3 Å². The van der Waals surface area contributed by atoms with Gasteiger partial charge in [-0.25, -0.2) is 13.5 Å². The van der Waals surface area contributed by atoms with Gasteiger partial charge in [0.15, 0.2) is 0 Å². The van der Waals surface area contributed by atoms with Crippen molar-refractivity contribution in [1.82, 2.24) is 15.1 Å². The Hall–Kier alpha value is -2.54. The molecule has 26 heavy (non-hydrogen) atoms. The molecule has 0 saturated heterocycles. The number of benzene rings is 2. The van der Waals surface area contributed by atoms with E-state index in [1.807, 2.05) is 24.3 Å². The lowest BCUT2D eigenvalue weighted by atomic mass is 10.1. The third-order valence-electron chi connectivity index (χ3n) is 4.10. The highest BCUT2D eigenvalue weighted by molar-refractivity contribution is 9.10. The van der Waals surface area contributed by atoms with E-state index in [9.17, 15) is 13.6 Å². The minimum atomic E-state index is -0.694. The lowest BCUT2D eigenvalue weighted by molar-refractivity contribution is 0.0938. The molecule has 0 aliphatic carbocycles. The van der Waals surface area contributed by atoms with Crippen LogP contribution >= 0.6 is 15.9 Å². The molecule has 0 fully saturated rings. The molecule has 1 N–H and O–H groups in total. The maximum atomic E-state index is 13.9. The van der Waals surface area contributed by atoms with E-state index in [0.29, 0.717) is 11.3 Å². The molecule has 1 atom stereocenters. The van der Waals surface area contributed by atoms with E-state index >= 15 is 0 Å². The monoisotopic (exact) mass is 419 g/mol. The van der Waals surface area contributed by atoms with Gasteiger partial charge in [-0.15, -0.1) is 0 Å².